The van der Waals surface area contributed by atoms with Crippen LogP contribution in [0.15, 0.2) is 60.9 Å². The van der Waals surface area contributed by atoms with Gasteiger partial charge >= 0.3 is 0 Å². The van der Waals surface area contributed by atoms with Crippen LogP contribution in [0.25, 0.3) is 10.9 Å². The molecule has 2 aromatic carbocycles. The van der Waals surface area contributed by atoms with Crippen molar-refractivity contribution in [1.82, 2.24) is 29.9 Å². The summed E-state index contributed by atoms with van der Waals surface area (Å²) in [5, 5.41) is 8.41. The van der Waals surface area contributed by atoms with E-state index in [1.54, 1.807) is 0 Å². The molecule has 10 nitrogen and oxygen atoms in total. The summed E-state index contributed by atoms with van der Waals surface area (Å²) < 4.78 is 29.2. The standard InChI is InChI=1S/C49H58F2N8O2.H2/c1-30-4-11-43(44(60)20-30)58-28-40-35-7-6-34-27-55(18-19-57(34)42(35)12-9-37(40)47(58)61)26-32-22-49(23-32)14-16-56(17-15-49)45-13-5-33(24-52-45)46-36-8-10-41-39(25-53-54-41)38(36)21-31(2)59(46)29-48(3,50)51;/h5,8-10,12-13,24-25,31-32,34,43,46H,1,4,6-7,11,14-23,26-29H2,2-3H3,(H,53,54);1H/t31-,34+,43+,46-;/m1./s1. The predicted octanol–water partition coefficient (Wildman–Crippen LogP) is 7.96. The second kappa shape index (κ2) is 14.7. The number of amides is 1. The highest BCUT2D eigenvalue weighted by atomic mass is 19.3. The van der Waals surface area contributed by atoms with Crippen LogP contribution < -0.4 is 9.80 Å². The number of piperidine rings is 1. The molecular weight excluding hydrogens is 771 g/mol. The molecule has 0 radical (unpaired) electrons. The number of nitrogens with one attached hydrogen (secondary N) is 1. The lowest BCUT2D eigenvalue weighted by Gasteiger charge is -2.54. The van der Waals surface area contributed by atoms with Crippen LogP contribution in [0.4, 0.5) is 20.3 Å². The number of allylic oxidation sites excluding steroid dienone is 1. The lowest BCUT2D eigenvalue weighted by Crippen LogP contribution is -2.57. The average molecular weight is 831 g/mol. The third-order valence-electron chi connectivity index (χ3n) is 15.9. The number of hydrogen-bond donors (Lipinski definition) is 1. The quantitative estimate of drug-likeness (QED) is 0.188. The van der Waals surface area contributed by atoms with Gasteiger partial charge < -0.3 is 14.7 Å². The molecule has 322 valence electrons. The molecule has 2 aliphatic carbocycles. The molecule has 1 N–H and O–H groups in total. The fourth-order valence-electron chi connectivity index (χ4n) is 12.9. The van der Waals surface area contributed by atoms with Gasteiger partial charge in [-0.2, -0.15) is 5.10 Å². The number of hydrogen-bond acceptors (Lipinski definition) is 8. The monoisotopic (exact) mass is 830 g/mol. The van der Waals surface area contributed by atoms with E-state index < -0.39 is 5.92 Å². The van der Waals surface area contributed by atoms with Gasteiger partial charge in [0.25, 0.3) is 11.8 Å². The number of alkyl halides is 2. The van der Waals surface area contributed by atoms with E-state index in [2.05, 4.69) is 62.7 Å². The minimum Gasteiger partial charge on any atom is -0.366 e. The number of H-pyrrole nitrogens is 1. The number of benzene rings is 2. The summed E-state index contributed by atoms with van der Waals surface area (Å²) in [5.41, 5.74) is 10.2. The van der Waals surface area contributed by atoms with Crippen molar-refractivity contribution in [3.05, 3.63) is 94.3 Å². The van der Waals surface area contributed by atoms with Crippen LogP contribution >= 0.6 is 0 Å². The molecule has 0 unspecified atom stereocenters. The largest absolute Gasteiger partial charge is 0.366 e. The summed E-state index contributed by atoms with van der Waals surface area (Å²) in [7, 11) is 0. The summed E-state index contributed by atoms with van der Waals surface area (Å²) in [6, 6.07) is 12.3. The fourth-order valence-corrected chi connectivity index (χ4v) is 12.9. The van der Waals surface area contributed by atoms with Gasteiger partial charge in [-0.15, -0.1) is 0 Å². The normalized spacial score (nSPS) is 27.0. The van der Waals surface area contributed by atoms with E-state index >= 15 is 0 Å². The van der Waals surface area contributed by atoms with E-state index in [4.69, 9.17) is 4.98 Å². The van der Waals surface area contributed by atoms with Crippen LogP contribution in [-0.2, 0) is 24.2 Å². The number of Topliss-reactive ketones (excluding diaryl/α,β-unsaturated/α-hetero) is 1. The number of rotatable bonds is 7. The highest BCUT2D eigenvalue weighted by Gasteiger charge is 2.48. The van der Waals surface area contributed by atoms with Gasteiger partial charge in [0.15, 0.2) is 5.78 Å². The van der Waals surface area contributed by atoms with Crippen molar-refractivity contribution in [3.8, 4) is 0 Å². The molecule has 4 atom stereocenters. The second-order valence-electron chi connectivity index (χ2n) is 20.0. The van der Waals surface area contributed by atoms with Crippen LogP contribution in [-0.4, -0.2) is 111 Å². The maximum atomic E-state index is 14.6. The van der Waals surface area contributed by atoms with Gasteiger partial charge in [0.05, 0.1) is 30.3 Å². The number of pyridine rings is 1. The maximum absolute atomic E-state index is 14.6. The zero-order valence-electron chi connectivity index (χ0n) is 35.6. The van der Waals surface area contributed by atoms with Gasteiger partial charge in [-0.3, -0.25) is 24.5 Å². The lowest BCUT2D eigenvalue weighted by atomic mass is 9.57. The Hall–Kier alpha value is -4.68. The van der Waals surface area contributed by atoms with E-state index in [0.717, 1.165) is 109 Å². The molecule has 2 aromatic heterocycles. The highest BCUT2D eigenvalue weighted by molar-refractivity contribution is 6.03. The van der Waals surface area contributed by atoms with Crippen molar-refractivity contribution in [2.24, 2.45) is 11.3 Å². The lowest BCUT2D eigenvalue weighted by molar-refractivity contribution is -0.124. The first-order valence-corrected chi connectivity index (χ1v) is 22.8. The Labute approximate surface area is 358 Å². The summed E-state index contributed by atoms with van der Waals surface area (Å²) in [6.07, 6.45) is 13.4. The van der Waals surface area contributed by atoms with E-state index in [1.165, 1.54) is 49.0 Å². The number of aromatic amines is 1. The van der Waals surface area contributed by atoms with Gasteiger partial charge in [-0.25, -0.2) is 13.8 Å². The summed E-state index contributed by atoms with van der Waals surface area (Å²) in [5.74, 6) is -0.935. The molecule has 12 heteroatoms. The van der Waals surface area contributed by atoms with E-state index in [0.29, 0.717) is 37.3 Å². The predicted molar refractivity (Wildman–Crippen MR) is 235 cm³/mol. The average Bonchev–Trinajstić information content (AvgIpc) is 3.85. The molecule has 2 saturated carbocycles. The molecule has 1 spiro atoms. The Kier molecular flexibility index (Phi) is 9.45. The summed E-state index contributed by atoms with van der Waals surface area (Å²) in [6.45, 7) is 13.7. The summed E-state index contributed by atoms with van der Waals surface area (Å²) in [4.78, 5) is 43.0. The molecule has 7 heterocycles. The Balaban J connectivity index is 0.00000458. The van der Waals surface area contributed by atoms with Gasteiger partial charge in [0, 0.05) is 95.5 Å². The minimum absolute atomic E-state index is 0. The molecule has 4 fully saturated rings. The van der Waals surface area contributed by atoms with Crippen molar-refractivity contribution in [2.75, 3.05) is 55.6 Å². The fraction of sp³-hybridized carbons (Fsp3) is 0.551. The van der Waals surface area contributed by atoms with Gasteiger partial charge in [-0.1, -0.05) is 24.3 Å². The molecule has 61 heavy (non-hydrogen) atoms. The number of nitrogens with zero attached hydrogens (tertiary/aromatic N) is 7. The van der Waals surface area contributed by atoms with Gasteiger partial charge in [-0.05, 0) is 128 Å². The minimum atomic E-state index is -2.82. The Morgan fingerprint density at radius 1 is 0.951 bits per heavy atom. The Bertz CT molecular complexity index is 2400. The maximum Gasteiger partial charge on any atom is 0.257 e. The zero-order chi connectivity index (χ0) is 41.8. The van der Waals surface area contributed by atoms with Crippen molar-refractivity contribution < 1.29 is 19.8 Å². The van der Waals surface area contributed by atoms with Crippen LogP contribution in [0, 0.1) is 11.3 Å². The molecule has 0 bridgehead atoms. The number of halogens is 2. The molecule has 1 amide bonds. The molecular formula is C49H60F2N8O2. The second-order valence-corrected chi connectivity index (χ2v) is 20.0. The Morgan fingerprint density at radius 3 is 2.56 bits per heavy atom. The number of carbonyl (C=O) groups excluding carboxylic acids is 2. The smallest absolute Gasteiger partial charge is 0.257 e. The van der Waals surface area contributed by atoms with Crippen LogP contribution in [0.1, 0.15) is 111 Å². The third-order valence-corrected chi connectivity index (χ3v) is 15.9. The van der Waals surface area contributed by atoms with Crippen molar-refractivity contribution in [3.63, 3.8) is 0 Å². The first-order valence-electron chi connectivity index (χ1n) is 22.8. The molecule has 5 aliphatic heterocycles. The van der Waals surface area contributed by atoms with Gasteiger partial charge in [0.1, 0.15) is 5.82 Å². The number of aromatic nitrogens is 3. The van der Waals surface area contributed by atoms with Crippen molar-refractivity contribution in [1.29, 1.82) is 0 Å². The molecule has 4 aromatic rings. The zero-order valence-corrected chi connectivity index (χ0v) is 35.6. The van der Waals surface area contributed by atoms with Crippen LogP contribution in [0.2, 0.25) is 0 Å². The number of ketones is 1. The van der Waals surface area contributed by atoms with Crippen LogP contribution in [0.5, 0.6) is 0 Å². The van der Waals surface area contributed by atoms with Gasteiger partial charge in [0.2, 0.25) is 0 Å². The molecule has 2 saturated heterocycles. The summed E-state index contributed by atoms with van der Waals surface area (Å²) >= 11 is 0. The number of anilines is 2. The first-order chi connectivity index (χ1) is 29.4. The molecule has 7 aliphatic rings. The van der Waals surface area contributed by atoms with Crippen molar-refractivity contribution in [2.45, 2.75) is 115 Å². The van der Waals surface area contributed by atoms with Crippen LogP contribution in [0.3, 0.4) is 0 Å². The topological polar surface area (TPSA) is 91.9 Å². The SMILES string of the molecule is C=C1CC[C@H](N2Cc3c(ccc4c3CC[C@H]3CN(CC5CC6(CCN(c7ccc([C@@H]8c9ccc%10[nH]ncc%10c9C[C@@H](C)N8CC(C)(F)F)cn7)CC6)C5)CCN43)C2=O)C(=O)C1.[HH]. The Morgan fingerprint density at radius 2 is 1.79 bits per heavy atom. The van der Waals surface area contributed by atoms with E-state index in [-0.39, 0.29) is 37.8 Å². The van der Waals surface area contributed by atoms with Crippen molar-refractivity contribution >= 4 is 34.1 Å². The number of carbonyl (C=O) groups is 2. The number of fused-ring (bicyclic) bond motifs is 8. The highest BCUT2D eigenvalue weighted by Crippen LogP contribution is 2.53. The number of piperazine rings is 1. The van der Waals surface area contributed by atoms with E-state index in [9.17, 15) is 18.4 Å². The molecule has 11 rings (SSSR count). The third kappa shape index (κ3) is 6.87. The first kappa shape index (κ1) is 39.2. The van der Waals surface area contributed by atoms with E-state index in [1.807, 2.05) is 34.3 Å².